The predicted molar refractivity (Wildman–Crippen MR) is 61.2 cm³/mol. The number of aliphatic carboxylic acids is 1. The fourth-order valence-electron chi connectivity index (χ4n) is 1.79. The second-order valence-electron chi connectivity index (χ2n) is 4.08. The average Bonchev–Trinajstić information content (AvgIpc) is 2.60. The molecule has 16 heavy (non-hydrogen) atoms. The van der Waals surface area contributed by atoms with E-state index in [2.05, 4.69) is 4.90 Å². The van der Waals surface area contributed by atoms with Crippen molar-refractivity contribution in [2.24, 2.45) is 0 Å². The van der Waals surface area contributed by atoms with Crippen molar-refractivity contribution in [1.82, 2.24) is 4.90 Å². The van der Waals surface area contributed by atoms with E-state index in [4.69, 9.17) is 9.52 Å². The van der Waals surface area contributed by atoms with Crippen molar-refractivity contribution in [2.45, 2.75) is 39.3 Å². The highest BCUT2D eigenvalue weighted by Crippen LogP contribution is 2.15. The molecule has 1 aromatic heterocycles. The smallest absolute Gasteiger partial charge is 0.304 e. The van der Waals surface area contributed by atoms with Crippen LogP contribution in [0, 0.1) is 6.92 Å². The second kappa shape index (κ2) is 5.70. The maximum absolute atomic E-state index is 10.7. The quantitative estimate of drug-likeness (QED) is 0.807. The van der Waals surface area contributed by atoms with E-state index in [-0.39, 0.29) is 12.5 Å². The van der Waals surface area contributed by atoms with Crippen LogP contribution >= 0.6 is 0 Å². The lowest BCUT2D eigenvalue weighted by Gasteiger charge is -2.25. The van der Waals surface area contributed by atoms with Crippen LogP contribution in [0.3, 0.4) is 0 Å². The molecule has 1 rings (SSSR count). The molecule has 0 aliphatic carbocycles. The maximum Gasteiger partial charge on any atom is 0.304 e. The summed E-state index contributed by atoms with van der Waals surface area (Å²) >= 11 is 0. The van der Waals surface area contributed by atoms with Crippen molar-refractivity contribution < 1.29 is 14.3 Å². The molecule has 1 heterocycles. The van der Waals surface area contributed by atoms with E-state index < -0.39 is 5.97 Å². The van der Waals surface area contributed by atoms with Crippen molar-refractivity contribution in [3.8, 4) is 0 Å². The van der Waals surface area contributed by atoms with Gasteiger partial charge in [-0.3, -0.25) is 9.69 Å². The van der Waals surface area contributed by atoms with E-state index >= 15 is 0 Å². The Balaban J connectivity index is 2.59. The zero-order valence-electron chi connectivity index (χ0n) is 10.1. The summed E-state index contributed by atoms with van der Waals surface area (Å²) in [7, 11) is 1.95. The standard InChI is InChI=1S/C12H19NO3/c1-4-11(7-12(14)15)13(3)8-10-5-6-16-9(10)2/h5-6,11H,4,7-8H2,1-3H3,(H,14,15). The zero-order chi connectivity index (χ0) is 12.1. The third kappa shape index (κ3) is 3.38. The first kappa shape index (κ1) is 12.8. The summed E-state index contributed by atoms with van der Waals surface area (Å²) in [4.78, 5) is 12.8. The molecule has 0 amide bonds. The predicted octanol–water partition coefficient (Wildman–Crippen LogP) is 2.27. The van der Waals surface area contributed by atoms with Gasteiger partial charge in [0.15, 0.2) is 0 Å². The SMILES string of the molecule is CCC(CC(=O)O)N(C)Cc1ccoc1C. The summed E-state index contributed by atoms with van der Waals surface area (Å²) in [6.45, 7) is 4.65. The molecule has 4 nitrogen and oxygen atoms in total. The van der Waals surface area contributed by atoms with Gasteiger partial charge in [0.05, 0.1) is 12.7 Å². The number of carboxylic acids is 1. The molecular weight excluding hydrogens is 206 g/mol. The van der Waals surface area contributed by atoms with Crippen molar-refractivity contribution in [2.75, 3.05) is 7.05 Å². The maximum atomic E-state index is 10.7. The van der Waals surface area contributed by atoms with Gasteiger partial charge in [0, 0.05) is 18.2 Å². The van der Waals surface area contributed by atoms with E-state index in [9.17, 15) is 4.79 Å². The minimum Gasteiger partial charge on any atom is -0.481 e. The van der Waals surface area contributed by atoms with Crippen LogP contribution in [0.5, 0.6) is 0 Å². The molecule has 1 atom stereocenters. The molecule has 0 aliphatic rings. The number of aryl methyl sites for hydroxylation is 1. The zero-order valence-corrected chi connectivity index (χ0v) is 10.1. The first-order valence-electron chi connectivity index (χ1n) is 5.49. The molecule has 4 heteroatoms. The molecule has 0 fully saturated rings. The Labute approximate surface area is 95.9 Å². The molecule has 0 aliphatic heterocycles. The van der Waals surface area contributed by atoms with Gasteiger partial charge in [0.1, 0.15) is 5.76 Å². The fraction of sp³-hybridized carbons (Fsp3) is 0.583. The van der Waals surface area contributed by atoms with E-state index in [0.717, 1.165) is 24.3 Å². The Morgan fingerprint density at radius 2 is 2.31 bits per heavy atom. The minimum atomic E-state index is -0.748. The molecule has 0 saturated carbocycles. The molecule has 1 aromatic rings. The number of nitrogens with zero attached hydrogens (tertiary/aromatic N) is 1. The Morgan fingerprint density at radius 1 is 1.62 bits per heavy atom. The van der Waals surface area contributed by atoms with Crippen LogP contribution in [0.15, 0.2) is 16.7 Å². The summed E-state index contributed by atoms with van der Waals surface area (Å²) in [5.41, 5.74) is 1.12. The van der Waals surface area contributed by atoms with Gasteiger partial charge >= 0.3 is 5.97 Å². The summed E-state index contributed by atoms with van der Waals surface area (Å²) in [6.07, 6.45) is 2.68. The number of rotatable bonds is 6. The van der Waals surface area contributed by atoms with Crippen LogP contribution in [-0.4, -0.2) is 29.1 Å². The van der Waals surface area contributed by atoms with Crippen LogP contribution in [0.1, 0.15) is 31.1 Å². The van der Waals surface area contributed by atoms with Crippen LogP contribution < -0.4 is 0 Å². The van der Waals surface area contributed by atoms with Crippen LogP contribution in [0.4, 0.5) is 0 Å². The lowest BCUT2D eigenvalue weighted by Crippen LogP contribution is -2.32. The topological polar surface area (TPSA) is 53.7 Å². The van der Waals surface area contributed by atoms with E-state index in [1.54, 1.807) is 6.26 Å². The van der Waals surface area contributed by atoms with Gasteiger partial charge in [-0.15, -0.1) is 0 Å². The molecule has 0 saturated heterocycles. The lowest BCUT2D eigenvalue weighted by molar-refractivity contribution is -0.138. The van der Waals surface area contributed by atoms with Gasteiger partial charge in [0.25, 0.3) is 0 Å². The molecule has 1 unspecified atom stereocenters. The highest BCUT2D eigenvalue weighted by molar-refractivity contribution is 5.67. The van der Waals surface area contributed by atoms with E-state index in [1.807, 2.05) is 27.0 Å². The highest BCUT2D eigenvalue weighted by atomic mass is 16.4. The number of furan rings is 1. The summed E-state index contributed by atoms with van der Waals surface area (Å²) in [6, 6.07) is 2.01. The first-order valence-corrected chi connectivity index (χ1v) is 5.49. The van der Waals surface area contributed by atoms with Gasteiger partial charge in [-0.05, 0) is 26.5 Å². The molecule has 0 spiro atoms. The molecular formula is C12H19NO3. The monoisotopic (exact) mass is 225 g/mol. The fourth-order valence-corrected chi connectivity index (χ4v) is 1.79. The molecule has 0 radical (unpaired) electrons. The third-order valence-electron chi connectivity index (χ3n) is 2.89. The van der Waals surface area contributed by atoms with Crippen LogP contribution in [0.2, 0.25) is 0 Å². The van der Waals surface area contributed by atoms with Crippen LogP contribution in [0.25, 0.3) is 0 Å². The van der Waals surface area contributed by atoms with Gasteiger partial charge in [-0.2, -0.15) is 0 Å². The third-order valence-corrected chi connectivity index (χ3v) is 2.89. The van der Waals surface area contributed by atoms with Gasteiger partial charge < -0.3 is 9.52 Å². The summed E-state index contributed by atoms with van der Waals surface area (Å²) < 4.78 is 5.22. The number of hydrogen-bond donors (Lipinski definition) is 1. The van der Waals surface area contributed by atoms with E-state index in [0.29, 0.717) is 0 Å². The van der Waals surface area contributed by atoms with Crippen molar-refractivity contribution in [1.29, 1.82) is 0 Å². The molecule has 90 valence electrons. The Kier molecular flexibility index (Phi) is 4.55. The first-order chi connectivity index (χ1) is 7.54. The number of hydrogen-bond acceptors (Lipinski definition) is 3. The Bertz CT molecular complexity index is 346. The van der Waals surface area contributed by atoms with Crippen molar-refractivity contribution in [3.05, 3.63) is 23.7 Å². The molecule has 0 aromatic carbocycles. The average molecular weight is 225 g/mol. The van der Waals surface area contributed by atoms with Crippen LogP contribution in [-0.2, 0) is 11.3 Å². The molecule has 1 N–H and O–H groups in total. The lowest BCUT2D eigenvalue weighted by atomic mass is 10.1. The second-order valence-corrected chi connectivity index (χ2v) is 4.08. The minimum absolute atomic E-state index is 0.0757. The van der Waals surface area contributed by atoms with Gasteiger partial charge in [-0.25, -0.2) is 0 Å². The van der Waals surface area contributed by atoms with Crippen molar-refractivity contribution in [3.63, 3.8) is 0 Å². The van der Waals surface area contributed by atoms with Gasteiger partial charge in [0.2, 0.25) is 0 Å². The Morgan fingerprint density at radius 3 is 2.75 bits per heavy atom. The van der Waals surface area contributed by atoms with Gasteiger partial charge in [-0.1, -0.05) is 6.92 Å². The number of carbonyl (C=O) groups is 1. The highest BCUT2D eigenvalue weighted by Gasteiger charge is 2.17. The normalized spacial score (nSPS) is 13.0. The summed E-state index contributed by atoms with van der Waals surface area (Å²) in [5, 5.41) is 8.80. The summed E-state index contributed by atoms with van der Waals surface area (Å²) in [5.74, 6) is 0.152. The largest absolute Gasteiger partial charge is 0.481 e. The number of carboxylic acid groups (broad SMARTS) is 1. The molecule has 0 bridgehead atoms. The van der Waals surface area contributed by atoms with E-state index in [1.165, 1.54) is 0 Å². The van der Waals surface area contributed by atoms with Crippen molar-refractivity contribution >= 4 is 5.97 Å². The Hall–Kier alpha value is -1.29.